The van der Waals surface area contributed by atoms with Crippen LogP contribution in [0.25, 0.3) is 0 Å². The second-order valence-electron chi connectivity index (χ2n) is 5.85. The van der Waals surface area contributed by atoms with E-state index >= 15 is 0 Å². The average molecular weight is 447 g/mol. The number of nitrogens with one attached hydrogen (secondary N) is 1. The van der Waals surface area contributed by atoms with Crippen molar-refractivity contribution in [3.63, 3.8) is 0 Å². The average Bonchev–Trinajstić information content (AvgIpc) is 2.63. The molecule has 0 amide bonds. The van der Waals surface area contributed by atoms with Crippen LogP contribution in [-0.4, -0.2) is 35.0 Å². The van der Waals surface area contributed by atoms with Gasteiger partial charge < -0.3 is 14.2 Å². The van der Waals surface area contributed by atoms with Crippen LogP contribution in [0.3, 0.4) is 0 Å². The summed E-state index contributed by atoms with van der Waals surface area (Å²) >= 11 is 12.3. The van der Waals surface area contributed by atoms with Crippen LogP contribution in [0.4, 0.5) is 0 Å². The number of hydrogen-bond donors (Lipinski definition) is 1. The number of hydrogen-bond acceptors (Lipinski definition) is 6. The molecular formula is C18H20Cl2N2O5S. The Morgan fingerprint density at radius 1 is 1.04 bits per heavy atom. The molecule has 152 valence electrons. The zero-order valence-electron chi connectivity index (χ0n) is 15.7. The molecule has 2 rings (SSSR count). The summed E-state index contributed by atoms with van der Waals surface area (Å²) in [6.45, 7) is 3.70. The SMILES string of the molecule is COc1ccc(S(=O)(=O)N/N=C/c2cc(Cl)c(OC(C)C)c(Cl)c2)cc1OC. The topological polar surface area (TPSA) is 86.2 Å². The summed E-state index contributed by atoms with van der Waals surface area (Å²) in [5, 5.41) is 4.36. The van der Waals surface area contributed by atoms with Crippen LogP contribution in [0.15, 0.2) is 40.3 Å². The molecule has 0 unspecified atom stereocenters. The van der Waals surface area contributed by atoms with Gasteiger partial charge in [-0.3, -0.25) is 0 Å². The molecule has 1 N–H and O–H groups in total. The Labute approximate surface area is 174 Å². The molecule has 0 bridgehead atoms. The Hall–Kier alpha value is -2.16. The van der Waals surface area contributed by atoms with Crippen LogP contribution in [-0.2, 0) is 10.0 Å². The van der Waals surface area contributed by atoms with Crippen molar-refractivity contribution in [1.29, 1.82) is 0 Å². The molecule has 28 heavy (non-hydrogen) atoms. The van der Waals surface area contributed by atoms with Crippen LogP contribution >= 0.6 is 23.2 Å². The molecule has 0 heterocycles. The van der Waals surface area contributed by atoms with Gasteiger partial charge in [0.15, 0.2) is 17.2 Å². The summed E-state index contributed by atoms with van der Waals surface area (Å²) in [4.78, 5) is 2.10. The van der Waals surface area contributed by atoms with Crippen molar-refractivity contribution < 1.29 is 22.6 Å². The van der Waals surface area contributed by atoms with Gasteiger partial charge >= 0.3 is 0 Å². The molecule has 2 aromatic carbocycles. The Balaban J connectivity index is 2.20. The third kappa shape index (κ3) is 5.43. The van der Waals surface area contributed by atoms with E-state index in [-0.39, 0.29) is 16.7 Å². The maximum atomic E-state index is 12.4. The van der Waals surface area contributed by atoms with Crippen LogP contribution in [0.5, 0.6) is 17.2 Å². The summed E-state index contributed by atoms with van der Waals surface area (Å²) in [5.41, 5.74) is 0.501. The van der Waals surface area contributed by atoms with E-state index < -0.39 is 10.0 Å². The Morgan fingerprint density at radius 2 is 1.64 bits per heavy atom. The van der Waals surface area contributed by atoms with Gasteiger partial charge in [0, 0.05) is 6.07 Å². The predicted molar refractivity (Wildman–Crippen MR) is 110 cm³/mol. The van der Waals surface area contributed by atoms with Crippen molar-refractivity contribution in [3.05, 3.63) is 45.9 Å². The first-order chi connectivity index (χ1) is 13.2. The van der Waals surface area contributed by atoms with E-state index in [1.807, 2.05) is 13.8 Å². The molecule has 7 nitrogen and oxygen atoms in total. The maximum absolute atomic E-state index is 12.4. The normalized spacial score (nSPS) is 11.7. The van der Waals surface area contributed by atoms with Crippen molar-refractivity contribution in [1.82, 2.24) is 4.83 Å². The van der Waals surface area contributed by atoms with Gasteiger partial charge in [0.2, 0.25) is 0 Å². The molecule has 0 saturated carbocycles. The first-order valence-electron chi connectivity index (χ1n) is 8.10. The quantitative estimate of drug-likeness (QED) is 0.486. The van der Waals surface area contributed by atoms with Gasteiger partial charge in [0.1, 0.15) is 0 Å². The first-order valence-corrected chi connectivity index (χ1v) is 10.3. The molecule has 0 aliphatic rings. The lowest BCUT2D eigenvalue weighted by Crippen LogP contribution is -2.18. The number of sulfonamides is 1. The predicted octanol–water partition coefficient (Wildman–Crippen LogP) is 4.11. The van der Waals surface area contributed by atoms with E-state index in [0.717, 1.165) is 0 Å². The Bertz CT molecular complexity index is 955. The molecule has 0 saturated heterocycles. The number of rotatable bonds is 8. The van der Waals surface area contributed by atoms with Gasteiger partial charge in [-0.25, -0.2) is 4.83 Å². The summed E-state index contributed by atoms with van der Waals surface area (Å²) < 4.78 is 40.6. The second kappa shape index (κ2) is 9.36. The van der Waals surface area contributed by atoms with Crippen molar-refractivity contribution in [2.24, 2.45) is 5.10 Å². The van der Waals surface area contributed by atoms with Crippen molar-refractivity contribution >= 4 is 39.4 Å². The van der Waals surface area contributed by atoms with E-state index in [1.165, 1.54) is 38.6 Å². The van der Waals surface area contributed by atoms with Crippen LogP contribution in [0.1, 0.15) is 19.4 Å². The van der Waals surface area contributed by atoms with E-state index in [4.69, 9.17) is 37.4 Å². The fourth-order valence-corrected chi connectivity index (χ4v) is 3.61. The third-order valence-corrected chi connectivity index (χ3v) is 5.21. The number of nitrogens with zero attached hydrogens (tertiary/aromatic N) is 1. The van der Waals surface area contributed by atoms with E-state index in [2.05, 4.69) is 9.93 Å². The fourth-order valence-electron chi connectivity index (χ4n) is 2.21. The third-order valence-electron chi connectivity index (χ3n) is 3.43. The number of halogens is 2. The van der Waals surface area contributed by atoms with Gasteiger partial charge in [-0.2, -0.15) is 13.5 Å². The molecule has 0 aliphatic carbocycles. The van der Waals surface area contributed by atoms with Crippen molar-refractivity contribution in [2.45, 2.75) is 24.8 Å². The molecule has 0 aliphatic heterocycles. The molecule has 0 radical (unpaired) electrons. The summed E-state index contributed by atoms with van der Waals surface area (Å²) in [6, 6.07) is 7.34. The smallest absolute Gasteiger partial charge is 0.276 e. The van der Waals surface area contributed by atoms with Crippen molar-refractivity contribution in [2.75, 3.05) is 14.2 Å². The molecule has 0 fully saturated rings. The van der Waals surface area contributed by atoms with Gasteiger partial charge in [0.05, 0.1) is 41.5 Å². The van der Waals surface area contributed by atoms with Gasteiger partial charge in [-0.05, 0) is 43.7 Å². The van der Waals surface area contributed by atoms with Crippen molar-refractivity contribution in [3.8, 4) is 17.2 Å². The fraction of sp³-hybridized carbons (Fsp3) is 0.278. The summed E-state index contributed by atoms with van der Waals surface area (Å²) in [7, 11) is -1.03. The molecular weight excluding hydrogens is 427 g/mol. The number of methoxy groups -OCH3 is 2. The van der Waals surface area contributed by atoms with E-state index in [9.17, 15) is 8.42 Å². The summed E-state index contributed by atoms with van der Waals surface area (Å²) in [6.07, 6.45) is 1.19. The zero-order chi connectivity index (χ0) is 20.9. The van der Waals surface area contributed by atoms with Crippen LogP contribution < -0.4 is 19.0 Å². The zero-order valence-corrected chi connectivity index (χ0v) is 18.0. The summed E-state index contributed by atoms with van der Waals surface area (Å²) in [5.74, 6) is 1.06. The van der Waals surface area contributed by atoms with Gasteiger partial charge in [0.25, 0.3) is 10.0 Å². The first kappa shape index (κ1) is 22.1. The van der Waals surface area contributed by atoms with Crippen LogP contribution in [0, 0.1) is 0 Å². The lowest BCUT2D eigenvalue weighted by atomic mass is 10.2. The highest BCUT2D eigenvalue weighted by Gasteiger charge is 2.16. The Kier molecular flexibility index (Phi) is 7.40. The minimum Gasteiger partial charge on any atom is -0.493 e. The maximum Gasteiger partial charge on any atom is 0.276 e. The highest BCUT2D eigenvalue weighted by atomic mass is 35.5. The standard InChI is InChI=1S/C18H20Cl2N2O5S/c1-11(2)27-18-14(19)7-12(8-15(18)20)10-21-22-28(23,24)13-5-6-16(25-3)17(9-13)26-4/h5-11,22H,1-4H3/b21-10+. The van der Waals surface area contributed by atoms with Crippen LogP contribution in [0.2, 0.25) is 10.0 Å². The number of hydrazone groups is 1. The lowest BCUT2D eigenvalue weighted by molar-refractivity contribution is 0.243. The largest absolute Gasteiger partial charge is 0.493 e. The van der Waals surface area contributed by atoms with Gasteiger partial charge in [-0.15, -0.1) is 0 Å². The molecule has 10 heteroatoms. The second-order valence-corrected chi connectivity index (χ2v) is 8.33. The van der Waals surface area contributed by atoms with E-state index in [1.54, 1.807) is 12.1 Å². The number of ether oxygens (including phenoxy) is 3. The molecule has 0 spiro atoms. The lowest BCUT2D eigenvalue weighted by Gasteiger charge is -2.13. The monoisotopic (exact) mass is 446 g/mol. The minimum atomic E-state index is -3.91. The highest BCUT2D eigenvalue weighted by Crippen LogP contribution is 2.34. The highest BCUT2D eigenvalue weighted by molar-refractivity contribution is 7.89. The minimum absolute atomic E-state index is 0.0287. The number of benzene rings is 2. The van der Waals surface area contributed by atoms with E-state index in [0.29, 0.717) is 27.1 Å². The van der Waals surface area contributed by atoms with Gasteiger partial charge in [-0.1, -0.05) is 23.2 Å². The molecule has 2 aromatic rings. The Morgan fingerprint density at radius 3 is 2.18 bits per heavy atom. The molecule has 0 aromatic heterocycles. The molecule has 0 atom stereocenters.